The van der Waals surface area contributed by atoms with E-state index in [1.165, 1.54) is 7.11 Å². The minimum Gasteiger partial charge on any atom is -0.465 e. The Labute approximate surface area is 126 Å². The summed E-state index contributed by atoms with van der Waals surface area (Å²) in [7, 11) is 1.35. The maximum Gasteiger partial charge on any atom is 0.337 e. The minimum atomic E-state index is -0.393. The summed E-state index contributed by atoms with van der Waals surface area (Å²) in [6.45, 7) is 0. The number of halogens is 1. The molecule has 5 heteroatoms. The molecule has 0 N–H and O–H groups in total. The van der Waals surface area contributed by atoms with Gasteiger partial charge in [-0.15, -0.1) is 0 Å². The van der Waals surface area contributed by atoms with Crippen LogP contribution in [0.25, 0.3) is 22.3 Å². The van der Waals surface area contributed by atoms with Crippen LogP contribution in [0.15, 0.2) is 48.7 Å². The van der Waals surface area contributed by atoms with E-state index in [1.54, 1.807) is 36.5 Å². The van der Waals surface area contributed by atoms with Gasteiger partial charge in [-0.2, -0.15) is 0 Å². The molecule has 0 aliphatic heterocycles. The third-order valence-electron chi connectivity index (χ3n) is 3.10. The zero-order chi connectivity index (χ0) is 14.8. The van der Waals surface area contributed by atoms with Gasteiger partial charge >= 0.3 is 5.97 Å². The predicted molar refractivity (Wildman–Crippen MR) is 81.3 cm³/mol. The zero-order valence-electron chi connectivity index (χ0n) is 11.2. The Morgan fingerprint density at radius 1 is 1.10 bits per heavy atom. The number of aromatic nitrogens is 2. The van der Waals surface area contributed by atoms with E-state index in [1.807, 2.05) is 12.1 Å². The number of hydrogen-bond acceptors (Lipinski definition) is 4. The van der Waals surface area contributed by atoms with Gasteiger partial charge in [-0.05, 0) is 30.3 Å². The molecule has 0 fully saturated rings. The van der Waals surface area contributed by atoms with Crippen molar-refractivity contribution in [1.29, 1.82) is 0 Å². The van der Waals surface area contributed by atoms with Crippen LogP contribution in [-0.2, 0) is 4.74 Å². The van der Waals surface area contributed by atoms with Gasteiger partial charge in [0.25, 0.3) is 0 Å². The summed E-state index contributed by atoms with van der Waals surface area (Å²) in [6, 6.07) is 12.4. The predicted octanol–water partition coefficient (Wildman–Crippen LogP) is 3.74. The second-order valence-corrected chi connectivity index (χ2v) is 4.89. The van der Waals surface area contributed by atoms with Gasteiger partial charge < -0.3 is 4.74 Å². The highest BCUT2D eigenvalue weighted by molar-refractivity contribution is 6.30. The highest BCUT2D eigenvalue weighted by atomic mass is 35.5. The average molecular weight is 299 g/mol. The Balaban J connectivity index is 2.09. The number of methoxy groups -OCH3 is 1. The Kier molecular flexibility index (Phi) is 3.54. The van der Waals surface area contributed by atoms with Crippen LogP contribution in [0.3, 0.4) is 0 Å². The van der Waals surface area contributed by atoms with E-state index in [9.17, 15) is 4.79 Å². The fourth-order valence-corrected chi connectivity index (χ4v) is 2.14. The van der Waals surface area contributed by atoms with Crippen LogP contribution in [0.4, 0.5) is 0 Å². The molecule has 0 aliphatic carbocycles. The number of carbonyl (C=O) groups excluding carboxylic acids is 1. The van der Waals surface area contributed by atoms with Crippen LogP contribution in [0.2, 0.25) is 5.02 Å². The summed E-state index contributed by atoms with van der Waals surface area (Å²) in [5.41, 5.74) is 3.46. The molecule has 0 amide bonds. The normalized spacial score (nSPS) is 10.6. The van der Waals surface area contributed by atoms with Crippen molar-refractivity contribution in [2.45, 2.75) is 0 Å². The number of nitrogens with zero attached hydrogens (tertiary/aromatic N) is 2. The minimum absolute atomic E-state index is 0.393. The van der Waals surface area contributed by atoms with E-state index in [-0.39, 0.29) is 0 Å². The van der Waals surface area contributed by atoms with Gasteiger partial charge in [0.1, 0.15) is 0 Å². The number of ether oxygens (including phenoxy) is 1. The summed E-state index contributed by atoms with van der Waals surface area (Å²) >= 11 is 5.88. The van der Waals surface area contributed by atoms with Crippen LogP contribution in [0.1, 0.15) is 10.4 Å². The summed E-state index contributed by atoms with van der Waals surface area (Å²) < 4.78 is 4.71. The molecule has 1 aromatic heterocycles. The van der Waals surface area contributed by atoms with E-state index in [2.05, 4.69) is 9.97 Å². The van der Waals surface area contributed by atoms with E-state index in [4.69, 9.17) is 16.3 Å². The van der Waals surface area contributed by atoms with Crippen molar-refractivity contribution in [3.63, 3.8) is 0 Å². The second-order valence-electron chi connectivity index (χ2n) is 4.46. The molecule has 0 unspecified atom stereocenters. The zero-order valence-corrected chi connectivity index (χ0v) is 12.0. The van der Waals surface area contributed by atoms with Gasteiger partial charge in [0.05, 0.1) is 35.6 Å². The molecule has 104 valence electrons. The lowest BCUT2D eigenvalue weighted by Gasteiger charge is -2.04. The molecule has 0 atom stereocenters. The summed E-state index contributed by atoms with van der Waals surface area (Å²) in [4.78, 5) is 20.5. The lowest BCUT2D eigenvalue weighted by Crippen LogP contribution is -2.01. The SMILES string of the molecule is COC(=O)c1ccc2ncc(-c3ccc(Cl)cc3)nc2c1. The van der Waals surface area contributed by atoms with E-state index in [0.29, 0.717) is 16.1 Å². The van der Waals surface area contributed by atoms with Gasteiger partial charge in [-0.25, -0.2) is 9.78 Å². The fourth-order valence-electron chi connectivity index (χ4n) is 2.02. The third kappa shape index (κ3) is 2.71. The van der Waals surface area contributed by atoms with Crippen molar-refractivity contribution in [2.75, 3.05) is 7.11 Å². The molecule has 0 radical (unpaired) electrons. The van der Waals surface area contributed by atoms with Crippen LogP contribution < -0.4 is 0 Å². The smallest absolute Gasteiger partial charge is 0.337 e. The molecule has 0 aliphatic rings. The Bertz CT molecular complexity index is 816. The summed E-state index contributed by atoms with van der Waals surface area (Å²) in [5.74, 6) is -0.393. The van der Waals surface area contributed by atoms with Crippen molar-refractivity contribution in [3.05, 3.63) is 59.2 Å². The Morgan fingerprint density at radius 2 is 1.86 bits per heavy atom. The van der Waals surface area contributed by atoms with Crippen molar-refractivity contribution in [1.82, 2.24) is 9.97 Å². The van der Waals surface area contributed by atoms with Crippen molar-refractivity contribution >= 4 is 28.6 Å². The van der Waals surface area contributed by atoms with Gasteiger partial charge in [0, 0.05) is 10.6 Å². The first-order chi connectivity index (χ1) is 10.2. The van der Waals surface area contributed by atoms with Crippen LogP contribution in [0.5, 0.6) is 0 Å². The number of carbonyl (C=O) groups is 1. The van der Waals surface area contributed by atoms with Gasteiger partial charge in [-0.3, -0.25) is 4.98 Å². The van der Waals surface area contributed by atoms with Crippen LogP contribution in [0, 0.1) is 0 Å². The summed E-state index contributed by atoms with van der Waals surface area (Å²) in [5, 5.41) is 0.667. The first-order valence-electron chi connectivity index (χ1n) is 6.28. The Morgan fingerprint density at radius 3 is 2.57 bits per heavy atom. The van der Waals surface area contributed by atoms with E-state index < -0.39 is 5.97 Å². The van der Waals surface area contributed by atoms with Crippen molar-refractivity contribution < 1.29 is 9.53 Å². The molecule has 3 rings (SSSR count). The fraction of sp³-hybridized carbons (Fsp3) is 0.0625. The van der Waals surface area contributed by atoms with Crippen molar-refractivity contribution in [3.8, 4) is 11.3 Å². The summed E-state index contributed by atoms with van der Waals surface area (Å²) in [6.07, 6.45) is 1.70. The van der Waals surface area contributed by atoms with Gasteiger partial charge in [-0.1, -0.05) is 23.7 Å². The molecule has 1 heterocycles. The van der Waals surface area contributed by atoms with Gasteiger partial charge in [0.15, 0.2) is 0 Å². The van der Waals surface area contributed by atoms with E-state index >= 15 is 0 Å². The molecule has 2 aromatic carbocycles. The average Bonchev–Trinajstić information content (AvgIpc) is 2.53. The molecular formula is C16H11ClN2O2. The lowest BCUT2D eigenvalue weighted by molar-refractivity contribution is 0.0601. The lowest BCUT2D eigenvalue weighted by atomic mass is 10.1. The maximum atomic E-state index is 11.6. The van der Waals surface area contributed by atoms with Crippen molar-refractivity contribution in [2.24, 2.45) is 0 Å². The first-order valence-corrected chi connectivity index (χ1v) is 6.66. The molecule has 21 heavy (non-hydrogen) atoms. The van der Waals surface area contributed by atoms with E-state index in [0.717, 1.165) is 16.8 Å². The molecule has 0 saturated heterocycles. The van der Waals surface area contributed by atoms with Gasteiger partial charge in [0.2, 0.25) is 0 Å². The Hall–Kier alpha value is -2.46. The first kappa shape index (κ1) is 13.5. The monoisotopic (exact) mass is 298 g/mol. The highest BCUT2D eigenvalue weighted by Crippen LogP contribution is 2.21. The molecule has 3 aromatic rings. The van der Waals surface area contributed by atoms with Crippen LogP contribution >= 0.6 is 11.6 Å². The number of benzene rings is 2. The molecule has 4 nitrogen and oxygen atoms in total. The molecule has 0 saturated carbocycles. The number of rotatable bonds is 2. The third-order valence-corrected chi connectivity index (χ3v) is 3.36. The molecule has 0 bridgehead atoms. The largest absolute Gasteiger partial charge is 0.465 e. The number of fused-ring (bicyclic) bond motifs is 1. The second kappa shape index (κ2) is 5.50. The van der Waals surface area contributed by atoms with Crippen LogP contribution in [-0.4, -0.2) is 23.0 Å². The maximum absolute atomic E-state index is 11.6. The molecular weight excluding hydrogens is 288 g/mol. The highest BCUT2D eigenvalue weighted by Gasteiger charge is 2.08. The molecule has 0 spiro atoms. The number of esters is 1. The topological polar surface area (TPSA) is 52.1 Å². The standard InChI is InChI=1S/C16H11ClN2O2/c1-21-16(20)11-4-7-13-14(8-11)19-15(9-18-13)10-2-5-12(17)6-3-10/h2-9H,1H3. The number of hydrogen-bond donors (Lipinski definition) is 0. The quantitative estimate of drug-likeness (QED) is 0.676.